The molecule has 1 aliphatic heterocycles. The van der Waals surface area contributed by atoms with Gasteiger partial charge in [-0.3, -0.25) is 19.8 Å². The number of benzene rings is 3. The number of alkyl halides is 3. The quantitative estimate of drug-likeness (QED) is 0.109. The largest absolute Gasteiger partial charge is 0.490 e. The SMILES string of the molecule is CCOc1cc(/C=C2/SC(=S)N(c3ccc(Br)c(Cl)c3)C2=O)ccc1Oc1ccc(C(F)(F)F)cc1[N+](=O)[O-]. The lowest BCUT2D eigenvalue weighted by atomic mass is 10.1. The number of thioether (sulfide) groups is 1. The van der Waals surface area contributed by atoms with Crippen LogP contribution in [0.5, 0.6) is 17.2 Å². The van der Waals surface area contributed by atoms with Crippen LogP contribution in [-0.2, 0) is 11.0 Å². The van der Waals surface area contributed by atoms with E-state index in [0.29, 0.717) is 42.1 Å². The van der Waals surface area contributed by atoms with E-state index in [4.69, 9.17) is 33.3 Å². The fourth-order valence-electron chi connectivity index (χ4n) is 3.47. The van der Waals surface area contributed by atoms with Crippen LogP contribution in [-0.4, -0.2) is 21.8 Å². The topological polar surface area (TPSA) is 81.9 Å². The van der Waals surface area contributed by atoms with Crippen molar-refractivity contribution in [3.05, 3.63) is 90.2 Å². The van der Waals surface area contributed by atoms with E-state index in [9.17, 15) is 28.1 Å². The summed E-state index contributed by atoms with van der Waals surface area (Å²) >= 11 is 16.0. The summed E-state index contributed by atoms with van der Waals surface area (Å²) < 4.78 is 51.3. The Balaban J connectivity index is 1.64. The van der Waals surface area contributed by atoms with Gasteiger partial charge in [0.25, 0.3) is 5.91 Å². The molecule has 14 heteroatoms. The van der Waals surface area contributed by atoms with E-state index in [-0.39, 0.29) is 24.0 Å². The van der Waals surface area contributed by atoms with Crippen LogP contribution in [0.2, 0.25) is 5.02 Å². The molecule has 1 saturated heterocycles. The number of hydrogen-bond acceptors (Lipinski definition) is 7. The lowest BCUT2D eigenvalue weighted by Gasteiger charge is -2.15. The van der Waals surface area contributed by atoms with Crippen LogP contribution in [0.1, 0.15) is 18.1 Å². The highest BCUT2D eigenvalue weighted by Crippen LogP contribution is 2.42. The van der Waals surface area contributed by atoms with E-state index >= 15 is 0 Å². The molecule has 3 aromatic carbocycles. The van der Waals surface area contributed by atoms with Crippen LogP contribution in [0.4, 0.5) is 24.5 Å². The normalized spacial score (nSPS) is 14.7. The van der Waals surface area contributed by atoms with Gasteiger partial charge in [0, 0.05) is 10.5 Å². The zero-order valence-electron chi connectivity index (χ0n) is 19.6. The van der Waals surface area contributed by atoms with Gasteiger partial charge in [0.15, 0.2) is 15.8 Å². The van der Waals surface area contributed by atoms with Gasteiger partial charge in [0.2, 0.25) is 5.75 Å². The summed E-state index contributed by atoms with van der Waals surface area (Å²) in [5.41, 5.74) is -0.995. The van der Waals surface area contributed by atoms with E-state index < -0.39 is 28.1 Å². The maximum atomic E-state index is 13.1. The van der Waals surface area contributed by atoms with Gasteiger partial charge in [0.1, 0.15) is 0 Å². The molecule has 0 spiro atoms. The highest BCUT2D eigenvalue weighted by atomic mass is 79.9. The van der Waals surface area contributed by atoms with E-state index in [1.165, 1.54) is 17.0 Å². The number of rotatable bonds is 7. The number of nitro groups is 1. The molecule has 0 aromatic heterocycles. The number of carbonyl (C=O) groups is 1. The first-order chi connectivity index (χ1) is 18.4. The molecule has 39 heavy (non-hydrogen) atoms. The highest BCUT2D eigenvalue weighted by Gasteiger charge is 2.35. The molecule has 0 saturated carbocycles. The molecule has 0 radical (unpaired) electrons. The van der Waals surface area contributed by atoms with Gasteiger partial charge in [0.05, 0.1) is 32.7 Å². The summed E-state index contributed by atoms with van der Waals surface area (Å²) in [7, 11) is 0. The first kappa shape index (κ1) is 28.9. The highest BCUT2D eigenvalue weighted by molar-refractivity contribution is 9.10. The summed E-state index contributed by atoms with van der Waals surface area (Å²) in [4.78, 5) is 25.3. The molecule has 0 bridgehead atoms. The van der Waals surface area contributed by atoms with Crippen molar-refractivity contribution in [2.45, 2.75) is 13.1 Å². The maximum Gasteiger partial charge on any atom is 0.416 e. The second kappa shape index (κ2) is 11.5. The number of nitro benzene ring substituents is 1. The van der Waals surface area contributed by atoms with Crippen molar-refractivity contribution >= 4 is 79.2 Å². The van der Waals surface area contributed by atoms with Crippen LogP contribution < -0.4 is 14.4 Å². The Kier molecular flexibility index (Phi) is 8.54. The molecule has 1 aliphatic rings. The van der Waals surface area contributed by atoms with Crippen molar-refractivity contribution in [2.24, 2.45) is 0 Å². The minimum Gasteiger partial charge on any atom is -0.490 e. The minimum atomic E-state index is -4.76. The summed E-state index contributed by atoms with van der Waals surface area (Å²) in [6.45, 7) is 1.90. The van der Waals surface area contributed by atoms with Crippen molar-refractivity contribution in [1.82, 2.24) is 0 Å². The third-order valence-corrected chi connectivity index (χ3v) is 7.76. The third kappa shape index (κ3) is 6.38. The van der Waals surface area contributed by atoms with E-state index in [1.54, 1.807) is 37.3 Å². The van der Waals surface area contributed by atoms with Crippen LogP contribution in [0, 0.1) is 10.1 Å². The van der Waals surface area contributed by atoms with E-state index in [2.05, 4.69) is 15.9 Å². The lowest BCUT2D eigenvalue weighted by molar-refractivity contribution is -0.385. The van der Waals surface area contributed by atoms with Gasteiger partial charge in [-0.25, -0.2) is 0 Å². The molecule has 7 nitrogen and oxygen atoms in total. The smallest absolute Gasteiger partial charge is 0.416 e. The zero-order valence-corrected chi connectivity index (χ0v) is 23.6. The number of halogens is 5. The Morgan fingerprint density at radius 2 is 1.85 bits per heavy atom. The van der Waals surface area contributed by atoms with E-state index in [0.717, 1.165) is 17.8 Å². The molecule has 0 aliphatic carbocycles. The predicted octanol–water partition coefficient (Wildman–Crippen LogP) is 8.63. The van der Waals surface area contributed by atoms with Gasteiger partial charge in [-0.2, -0.15) is 13.2 Å². The average Bonchev–Trinajstić information content (AvgIpc) is 3.14. The molecule has 3 aromatic rings. The Morgan fingerprint density at radius 1 is 1.13 bits per heavy atom. The molecular weight excluding hydrogens is 645 g/mol. The van der Waals surface area contributed by atoms with Gasteiger partial charge < -0.3 is 9.47 Å². The Hall–Kier alpha value is -3.13. The van der Waals surface area contributed by atoms with Crippen LogP contribution in [0.3, 0.4) is 0 Å². The van der Waals surface area contributed by atoms with Crippen molar-refractivity contribution < 1.29 is 32.4 Å². The Morgan fingerprint density at radius 3 is 2.49 bits per heavy atom. The van der Waals surface area contributed by atoms with Gasteiger partial charge in [-0.1, -0.05) is 41.6 Å². The Bertz CT molecular complexity index is 1530. The van der Waals surface area contributed by atoms with Crippen molar-refractivity contribution in [1.29, 1.82) is 0 Å². The number of anilines is 1. The second-order valence-corrected chi connectivity index (χ2v) is 10.7. The molecule has 1 fully saturated rings. The molecule has 1 amide bonds. The summed E-state index contributed by atoms with van der Waals surface area (Å²) in [5, 5.41) is 11.8. The number of thiocarbonyl (C=S) groups is 1. The fourth-order valence-corrected chi connectivity index (χ4v) is 5.19. The van der Waals surface area contributed by atoms with Gasteiger partial charge in [-0.15, -0.1) is 0 Å². The molecule has 0 atom stereocenters. The molecule has 202 valence electrons. The van der Waals surface area contributed by atoms with Crippen LogP contribution >= 0.6 is 51.5 Å². The second-order valence-electron chi connectivity index (χ2n) is 7.79. The minimum absolute atomic E-state index is 0.0360. The van der Waals surface area contributed by atoms with Crippen LogP contribution in [0.15, 0.2) is 64.0 Å². The predicted molar refractivity (Wildman–Crippen MR) is 151 cm³/mol. The number of ether oxygens (including phenoxy) is 2. The van der Waals surface area contributed by atoms with Crippen molar-refractivity contribution in [3.63, 3.8) is 0 Å². The maximum absolute atomic E-state index is 13.1. The molecule has 0 unspecified atom stereocenters. The van der Waals surface area contributed by atoms with Gasteiger partial charge >= 0.3 is 11.9 Å². The standard InChI is InChI=1S/C25H15BrClF3N2O5S2/c1-2-36-21-9-13(10-22-23(33)31(24(38)39-22)15-5-6-16(26)17(27)12-15)3-7-20(21)37-19-8-4-14(25(28,29)30)11-18(19)32(34)35/h3-12H,2H2,1H3/b22-10+. The number of nitrogens with zero attached hydrogens (tertiary/aromatic N) is 2. The van der Waals surface area contributed by atoms with Crippen molar-refractivity contribution in [3.8, 4) is 17.2 Å². The first-order valence-corrected chi connectivity index (χ1v) is 13.3. The van der Waals surface area contributed by atoms with Crippen LogP contribution in [0.25, 0.3) is 6.08 Å². The van der Waals surface area contributed by atoms with E-state index in [1.807, 2.05) is 0 Å². The average molecular weight is 660 g/mol. The molecule has 0 N–H and O–H groups in total. The van der Waals surface area contributed by atoms with Gasteiger partial charge in [-0.05, 0) is 77.0 Å². The summed E-state index contributed by atoms with van der Waals surface area (Å²) in [5.74, 6) is -0.553. The zero-order chi connectivity index (χ0) is 28.5. The Labute approximate surface area is 242 Å². The molecular formula is C25H15BrClF3N2O5S2. The first-order valence-electron chi connectivity index (χ1n) is 10.9. The fraction of sp³-hybridized carbons (Fsp3) is 0.120. The number of carbonyl (C=O) groups excluding carboxylic acids is 1. The third-order valence-electron chi connectivity index (χ3n) is 5.22. The molecule has 1 heterocycles. The monoisotopic (exact) mass is 658 g/mol. The number of amides is 1. The molecule has 4 rings (SSSR count). The summed E-state index contributed by atoms with van der Waals surface area (Å²) in [6.07, 6.45) is -3.17. The van der Waals surface area contributed by atoms with Crippen molar-refractivity contribution in [2.75, 3.05) is 11.5 Å². The number of hydrogen-bond donors (Lipinski definition) is 0. The summed E-state index contributed by atoms with van der Waals surface area (Å²) in [6, 6.07) is 11.5. The lowest BCUT2D eigenvalue weighted by Crippen LogP contribution is -2.27.